The van der Waals surface area contributed by atoms with Crippen molar-refractivity contribution >= 4 is 23.0 Å². The van der Waals surface area contributed by atoms with Crippen LogP contribution in [0.1, 0.15) is 25.5 Å². The first-order valence-corrected chi connectivity index (χ1v) is 9.49. The average Bonchev–Trinajstić information content (AvgIpc) is 2.74. The van der Waals surface area contributed by atoms with Gasteiger partial charge in [0.1, 0.15) is 17.7 Å². The van der Waals surface area contributed by atoms with Crippen molar-refractivity contribution < 1.29 is 0 Å². The fourth-order valence-corrected chi connectivity index (χ4v) is 3.18. The van der Waals surface area contributed by atoms with Gasteiger partial charge in [-0.1, -0.05) is 6.08 Å². The van der Waals surface area contributed by atoms with Gasteiger partial charge in [-0.15, -0.1) is 0 Å². The van der Waals surface area contributed by atoms with Crippen molar-refractivity contribution in [2.75, 3.05) is 42.2 Å². The van der Waals surface area contributed by atoms with Gasteiger partial charge in [0, 0.05) is 19.7 Å². The van der Waals surface area contributed by atoms with E-state index in [1.165, 1.54) is 25.2 Å². The largest absolute Gasteiger partial charge is 0.383 e. The minimum atomic E-state index is 0.283. The number of piperidine rings is 1. The van der Waals surface area contributed by atoms with Crippen molar-refractivity contribution in [1.29, 1.82) is 5.26 Å². The third kappa shape index (κ3) is 5.18. The molecule has 8 heteroatoms. The van der Waals surface area contributed by atoms with E-state index in [0.29, 0.717) is 17.6 Å². The van der Waals surface area contributed by atoms with E-state index in [-0.39, 0.29) is 5.69 Å². The molecule has 1 aliphatic rings. The molecule has 1 aliphatic heterocycles. The van der Waals surface area contributed by atoms with Crippen molar-refractivity contribution in [3.63, 3.8) is 0 Å². The monoisotopic (exact) mass is 378 g/mol. The summed E-state index contributed by atoms with van der Waals surface area (Å²) in [5.74, 6) is 1.83. The van der Waals surface area contributed by atoms with Gasteiger partial charge in [0.25, 0.3) is 0 Å². The summed E-state index contributed by atoms with van der Waals surface area (Å²) in [6.45, 7) is 5.05. The van der Waals surface area contributed by atoms with Crippen LogP contribution in [-0.4, -0.2) is 41.6 Å². The molecule has 146 valence electrons. The Labute approximate surface area is 165 Å². The van der Waals surface area contributed by atoms with Crippen molar-refractivity contribution in [1.82, 2.24) is 20.3 Å². The van der Waals surface area contributed by atoms with Crippen LogP contribution in [0.5, 0.6) is 0 Å². The molecule has 0 aliphatic carbocycles. The second-order valence-electron chi connectivity index (χ2n) is 6.80. The molecule has 0 amide bonds. The summed E-state index contributed by atoms with van der Waals surface area (Å²) in [6.07, 6.45) is 11.2. The van der Waals surface area contributed by atoms with Crippen LogP contribution in [0.15, 0.2) is 36.9 Å². The van der Waals surface area contributed by atoms with Gasteiger partial charge < -0.3 is 20.9 Å². The van der Waals surface area contributed by atoms with Gasteiger partial charge in [-0.05, 0) is 45.0 Å². The number of rotatable bonds is 7. The van der Waals surface area contributed by atoms with Gasteiger partial charge in [0.15, 0.2) is 5.69 Å². The predicted molar refractivity (Wildman–Crippen MR) is 112 cm³/mol. The number of hydrogen-bond acceptors (Lipinski definition) is 8. The molecule has 3 rings (SSSR count). The Bertz CT molecular complexity index is 834. The highest BCUT2D eigenvalue weighted by molar-refractivity contribution is 5.74. The Morgan fingerprint density at radius 2 is 2.14 bits per heavy atom. The van der Waals surface area contributed by atoms with E-state index in [0.717, 1.165) is 31.0 Å². The summed E-state index contributed by atoms with van der Waals surface area (Å²) in [4.78, 5) is 14.8. The zero-order chi connectivity index (χ0) is 19.8. The molecule has 8 nitrogen and oxygen atoms in total. The Morgan fingerprint density at radius 1 is 1.29 bits per heavy atom. The topological polar surface area (TPSA) is 102 Å². The van der Waals surface area contributed by atoms with E-state index in [1.54, 1.807) is 0 Å². The van der Waals surface area contributed by atoms with Crippen molar-refractivity contribution in [2.24, 2.45) is 5.92 Å². The number of aromatic nitrogens is 3. The summed E-state index contributed by atoms with van der Waals surface area (Å²) in [6, 6.07) is 3.94. The lowest BCUT2D eigenvalue weighted by atomic mass is 10.00. The first-order valence-electron chi connectivity index (χ1n) is 9.49. The van der Waals surface area contributed by atoms with Gasteiger partial charge in [-0.3, -0.25) is 0 Å². The van der Waals surface area contributed by atoms with Crippen LogP contribution in [-0.2, 0) is 0 Å². The molecule has 0 radical (unpaired) electrons. The summed E-state index contributed by atoms with van der Waals surface area (Å²) >= 11 is 0. The van der Waals surface area contributed by atoms with E-state index < -0.39 is 0 Å². The van der Waals surface area contributed by atoms with Gasteiger partial charge in [-0.2, -0.15) is 5.26 Å². The van der Waals surface area contributed by atoms with E-state index >= 15 is 0 Å². The summed E-state index contributed by atoms with van der Waals surface area (Å²) < 4.78 is 0. The first kappa shape index (κ1) is 19.6. The Kier molecular flexibility index (Phi) is 6.76. The molecule has 28 heavy (non-hydrogen) atoms. The number of nitriles is 1. The van der Waals surface area contributed by atoms with Gasteiger partial charge >= 0.3 is 0 Å². The van der Waals surface area contributed by atoms with Crippen LogP contribution in [0.25, 0.3) is 0 Å². The number of nitrogens with one attached hydrogen (secondary N) is 3. The first-order chi connectivity index (χ1) is 13.7. The SMILES string of the molecule is C/C=C\N(C)c1cnc(Nc2cnc(C#N)cn2)cc1NCC1CCCNC1. The lowest BCUT2D eigenvalue weighted by Crippen LogP contribution is -2.33. The fraction of sp³-hybridized carbons (Fsp3) is 0.400. The summed E-state index contributed by atoms with van der Waals surface area (Å²) in [7, 11) is 2.00. The number of hydrogen-bond donors (Lipinski definition) is 3. The molecule has 0 spiro atoms. The molecular formula is C20H26N8. The van der Waals surface area contributed by atoms with Crippen LogP contribution in [0.2, 0.25) is 0 Å². The second-order valence-corrected chi connectivity index (χ2v) is 6.80. The summed E-state index contributed by atoms with van der Waals surface area (Å²) in [5, 5.41) is 19.0. The molecular weight excluding hydrogens is 352 g/mol. The highest BCUT2D eigenvalue weighted by atomic mass is 15.1. The van der Waals surface area contributed by atoms with Crippen molar-refractivity contribution in [3.8, 4) is 6.07 Å². The molecule has 1 unspecified atom stereocenters. The van der Waals surface area contributed by atoms with Gasteiger partial charge in [-0.25, -0.2) is 15.0 Å². The van der Waals surface area contributed by atoms with E-state index in [4.69, 9.17) is 5.26 Å². The molecule has 1 saturated heterocycles. The predicted octanol–water partition coefficient (Wildman–Crippen LogP) is 2.87. The fourth-order valence-electron chi connectivity index (χ4n) is 3.18. The molecule has 1 fully saturated rings. The molecule has 3 N–H and O–H groups in total. The Balaban J connectivity index is 1.78. The Hall–Kier alpha value is -3.18. The lowest BCUT2D eigenvalue weighted by Gasteiger charge is -2.25. The average molecular weight is 378 g/mol. The van der Waals surface area contributed by atoms with Crippen LogP contribution < -0.4 is 20.9 Å². The van der Waals surface area contributed by atoms with Gasteiger partial charge in [0.05, 0.1) is 30.0 Å². The van der Waals surface area contributed by atoms with Crippen LogP contribution in [0, 0.1) is 17.2 Å². The van der Waals surface area contributed by atoms with Gasteiger partial charge in [0.2, 0.25) is 0 Å². The minimum absolute atomic E-state index is 0.283. The maximum Gasteiger partial charge on any atom is 0.158 e. The Morgan fingerprint density at radius 3 is 2.82 bits per heavy atom. The number of allylic oxidation sites excluding steroid dienone is 1. The quantitative estimate of drug-likeness (QED) is 0.676. The molecule has 0 bridgehead atoms. The maximum absolute atomic E-state index is 8.84. The zero-order valence-electron chi connectivity index (χ0n) is 16.3. The highest BCUT2D eigenvalue weighted by Gasteiger charge is 2.15. The van der Waals surface area contributed by atoms with E-state index in [1.807, 2.05) is 49.5 Å². The number of nitrogens with zero attached hydrogens (tertiary/aromatic N) is 5. The zero-order valence-corrected chi connectivity index (χ0v) is 16.3. The molecule has 2 aromatic heterocycles. The minimum Gasteiger partial charge on any atom is -0.383 e. The molecule has 0 aromatic carbocycles. The molecule has 2 aromatic rings. The van der Waals surface area contributed by atoms with Crippen molar-refractivity contribution in [3.05, 3.63) is 42.6 Å². The third-order valence-electron chi connectivity index (χ3n) is 4.64. The molecule has 3 heterocycles. The maximum atomic E-state index is 8.84. The molecule has 0 saturated carbocycles. The van der Waals surface area contributed by atoms with Crippen LogP contribution >= 0.6 is 0 Å². The molecule has 1 atom stereocenters. The smallest absolute Gasteiger partial charge is 0.158 e. The van der Waals surface area contributed by atoms with Crippen molar-refractivity contribution in [2.45, 2.75) is 19.8 Å². The van der Waals surface area contributed by atoms with Crippen LogP contribution in [0.4, 0.5) is 23.0 Å². The second kappa shape index (κ2) is 9.67. The number of pyridine rings is 1. The lowest BCUT2D eigenvalue weighted by molar-refractivity contribution is 0.393. The van der Waals surface area contributed by atoms with E-state index in [9.17, 15) is 0 Å². The standard InChI is InChI=1S/C20H26N8/c1-3-7-28(2)18-13-26-19(27-20-14-23-16(9-21)12-25-20)8-17(18)24-11-15-5-4-6-22-10-15/h3,7-8,12-15,22H,4-6,10-11H2,1-2H3,(H2,24,25,26,27)/b7-3-. The normalized spacial score (nSPS) is 16.5. The number of anilines is 4. The third-order valence-corrected chi connectivity index (χ3v) is 4.64. The highest BCUT2D eigenvalue weighted by Crippen LogP contribution is 2.28. The summed E-state index contributed by atoms with van der Waals surface area (Å²) in [5.41, 5.74) is 2.29. The van der Waals surface area contributed by atoms with E-state index in [2.05, 4.69) is 30.9 Å². The van der Waals surface area contributed by atoms with Crippen LogP contribution in [0.3, 0.4) is 0 Å².